The molecule has 0 bridgehead atoms. The predicted octanol–water partition coefficient (Wildman–Crippen LogP) is 6.96. The van der Waals surface area contributed by atoms with Crippen LogP contribution in [0.3, 0.4) is 0 Å². The maximum Gasteiger partial charge on any atom is 0.328 e. The van der Waals surface area contributed by atoms with E-state index in [0.717, 1.165) is 56.8 Å². The number of carboxylic acid groups (broad SMARTS) is 1. The van der Waals surface area contributed by atoms with Crippen LogP contribution in [0.25, 0.3) is 0 Å². The normalized spacial score (nSPS) is 15.7. The number of allylic oxidation sites excluding steroid dienone is 1. The second-order valence-electron chi connectivity index (χ2n) is 14.0. The highest BCUT2D eigenvalue weighted by molar-refractivity contribution is 7.85. The molecule has 0 unspecified atom stereocenters. The van der Waals surface area contributed by atoms with E-state index in [1.807, 2.05) is 0 Å². The third kappa shape index (κ3) is 23.7. The molecular weight excluding hydrogens is 610 g/mol. The van der Waals surface area contributed by atoms with Crippen LogP contribution >= 0.6 is 0 Å². The van der Waals surface area contributed by atoms with Crippen molar-refractivity contribution in [2.24, 2.45) is 17.6 Å². The van der Waals surface area contributed by atoms with E-state index in [1.54, 1.807) is 6.08 Å². The zero-order chi connectivity index (χ0) is 35.0. The van der Waals surface area contributed by atoms with Gasteiger partial charge >= 0.3 is 11.9 Å². The van der Waals surface area contributed by atoms with Gasteiger partial charge in [0.05, 0.1) is 12.5 Å². The van der Waals surface area contributed by atoms with E-state index in [4.69, 9.17) is 10.5 Å². The van der Waals surface area contributed by atoms with E-state index in [1.165, 1.54) is 63.9 Å². The molecule has 272 valence electrons. The van der Waals surface area contributed by atoms with Gasteiger partial charge in [0, 0.05) is 0 Å². The average molecular weight is 678 g/mol. The first-order chi connectivity index (χ1) is 21.6. The van der Waals surface area contributed by atoms with Crippen LogP contribution in [0, 0.1) is 11.8 Å². The summed E-state index contributed by atoms with van der Waals surface area (Å²) in [7, 11) is -4.92. The van der Waals surface area contributed by atoms with Crippen LogP contribution in [-0.2, 0) is 24.4 Å². The van der Waals surface area contributed by atoms with Crippen molar-refractivity contribution < 1.29 is 42.6 Å². The number of aliphatic hydroxyl groups excluding tert-OH is 2. The van der Waals surface area contributed by atoms with Gasteiger partial charge in [-0.1, -0.05) is 143 Å². The molecule has 11 heteroatoms. The number of rotatable bonds is 30. The highest BCUT2D eigenvalue weighted by Gasteiger charge is 2.51. The van der Waals surface area contributed by atoms with Crippen molar-refractivity contribution in [1.29, 1.82) is 0 Å². The Morgan fingerprint density at radius 2 is 1.15 bits per heavy atom. The number of aliphatic carboxylic acids is 1. The zero-order valence-electron chi connectivity index (χ0n) is 29.2. The monoisotopic (exact) mass is 677 g/mol. The first-order valence-corrected chi connectivity index (χ1v) is 19.4. The van der Waals surface area contributed by atoms with Crippen LogP contribution in [0.15, 0.2) is 12.2 Å². The van der Waals surface area contributed by atoms with E-state index in [9.17, 15) is 37.9 Å². The minimum atomic E-state index is -4.92. The molecule has 0 amide bonds. The summed E-state index contributed by atoms with van der Waals surface area (Å²) in [6, 6.07) is 0. The number of unbranched alkanes of at least 4 members (excludes halogenated alkanes) is 14. The third-order valence-electron chi connectivity index (χ3n) is 8.35. The van der Waals surface area contributed by atoms with E-state index in [-0.39, 0.29) is 0 Å². The van der Waals surface area contributed by atoms with Gasteiger partial charge in [0.1, 0.15) is 11.9 Å². The van der Waals surface area contributed by atoms with Crippen LogP contribution in [-0.4, -0.2) is 69.8 Å². The lowest BCUT2D eigenvalue weighted by Crippen LogP contribution is -2.65. The van der Waals surface area contributed by atoms with Crippen LogP contribution < -0.4 is 5.73 Å². The van der Waals surface area contributed by atoms with Gasteiger partial charge in [-0.3, -0.25) is 14.1 Å². The number of carboxylic acids is 1. The Labute approximate surface area is 279 Å². The van der Waals surface area contributed by atoms with Crippen LogP contribution in [0.2, 0.25) is 0 Å². The molecule has 0 aliphatic rings. The molecule has 0 spiro atoms. The number of hydrogen-bond acceptors (Lipinski definition) is 8. The molecule has 0 aliphatic heterocycles. The fourth-order valence-corrected chi connectivity index (χ4v) is 6.45. The minimum Gasteiger partial charge on any atom is -0.480 e. The van der Waals surface area contributed by atoms with E-state index < -0.39 is 58.1 Å². The molecule has 0 aliphatic carbocycles. The molecule has 0 saturated heterocycles. The molecule has 10 nitrogen and oxygen atoms in total. The molecule has 6 N–H and O–H groups in total. The van der Waals surface area contributed by atoms with Crippen LogP contribution in [0.1, 0.15) is 156 Å². The van der Waals surface area contributed by atoms with Crippen molar-refractivity contribution in [2.45, 2.75) is 180 Å². The molecule has 0 aromatic heterocycles. The van der Waals surface area contributed by atoms with Gasteiger partial charge in [-0.05, 0) is 31.1 Å². The van der Waals surface area contributed by atoms with E-state index >= 15 is 0 Å². The number of nitrogens with two attached hydrogens (primary N) is 1. The summed E-state index contributed by atoms with van der Waals surface area (Å²) in [4.78, 5) is 24.8. The average Bonchev–Trinajstić information content (AvgIpc) is 2.94. The molecule has 0 fully saturated rings. The predicted molar refractivity (Wildman–Crippen MR) is 184 cm³/mol. The summed E-state index contributed by atoms with van der Waals surface area (Å²) in [5.74, 6) is -2.90. The Kier molecular flexibility index (Phi) is 24.6. The Hall–Kier alpha value is -1.53. The lowest BCUT2D eigenvalue weighted by molar-refractivity contribution is -0.167. The molecule has 0 aromatic rings. The lowest BCUT2D eigenvalue weighted by Gasteiger charge is -2.34. The van der Waals surface area contributed by atoms with E-state index in [0.29, 0.717) is 19.3 Å². The standard InChI is InChI=1S/C35H67NO9S/c1-28(2)22-18-14-10-7-5-6-8-13-17-21-25-31(38)33(35(36,34(40)41)27-46(42,43)44)45-32(39)26-30(37)24-20-16-12-9-11-15-19-23-29(3)4/h21,25,28-31,33,37-38H,5-20,22-24,26-27,36H2,1-4H3,(H,40,41)(H,42,43,44)/b25-21-/t30-,31+,33+,35-/m1/s1. The first-order valence-electron chi connectivity index (χ1n) is 17.8. The van der Waals surface area contributed by atoms with Gasteiger partial charge in [0.15, 0.2) is 11.6 Å². The van der Waals surface area contributed by atoms with Gasteiger partial charge in [-0.25, -0.2) is 0 Å². The fourth-order valence-electron chi connectivity index (χ4n) is 5.56. The maximum atomic E-state index is 12.7. The molecular formula is C35H67NO9S. The molecule has 46 heavy (non-hydrogen) atoms. The number of carbonyl (C=O) groups excluding carboxylic acids is 1. The minimum absolute atomic E-state index is 0.339. The molecule has 4 atom stereocenters. The van der Waals surface area contributed by atoms with Gasteiger partial charge in [-0.2, -0.15) is 8.42 Å². The Morgan fingerprint density at radius 1 is 0.739 bits per heavy atom. The molecule has 0 saturated carbocycles. The largest absolute Gasteiger partial charge is 0.480 e. The van der Waals surface area contributed by atoms with Crippen molar-refractivity contribution in [3.63, 3.8) is 0 Å². The van der Waals surface area contributed by atoms with Gasteiger partial charge in [-0.15, -0.1) is 0 Å². The molecule has 0 radical (unpaired) electrons. The summed E-state index contributed by atoms with van der Waals surface area (Å²) in [6.45, 7) is 8.92. The first kappa shape index (κ1) is 44.5. The summed E-state index contributed by atoms with van der Waals surface area (Å²) in [5.41, 5.74) is 3.06. The Morgan fingerprint density at radius 3 is 1.57 bits per heavy atom. The number of ether oxygens (including phenoxy) is 1. The van der Waals surface area contributed by atoms with Crippen molar-refractivity contribution in [3.05, 3.63) is 12.2 Å². The quantitative estimate of drug-likeness (QED) is 0.0230. The van der Waals surface area contributed by atoms with Crippen molar-refractivity contribution in [3.8, 4) is 0 Å². The highest BCUT2D eigenvalue weighted by atomic mass is 32.2. The second kappa shape index (κ2) is 25.5. The summed E-state index contributed by atoms with van der Waals surface area (Å²) >= 11 is 0. The van der Waals surface area contributed by atoms with Crippen LogP contribution in [0.4, 0.5) is 0 Å². The van der Waals surface area contributed by atoms with Crippen molar-refractivity contribution in [2.75, 3.05) is 5.75 Å². The summed E-state index contributed by atoms with van der Waals surface area (Å²) in [5, 5.41) is 31.0. The number of aliphatic hydroxyl groups is 2. The summed E-state index contributed by atoms with van der Waals surface area (Å²) < 4.78 is 37.9. The smallest absolute Gasteiger partial charge is 0.328 e. The third-order valence-corrected chi connectivity index (χ3v) is 9.19. The zero-order valence-corrected chi connectivity index (χ0v) is 30.0. The van der Waals surface area contributed by atoms with Crippen LogP contribution in [0.5, 0.6) is 0 Å². The molecule has 0 heterocycles. The second-order valence-corrected chi connectivity index (χ2v) is 15.5. The van der Waals surface area contributed by atoms with Gasteiger partial charge in [0.25, 0.3) is 10.1 Å². The van der Waals surface area contributed by atoms with E-state index in [2.05, 4.69) is 27.7 Å². The Bertz CT molecular complexity index is 938. The van der Waals surface area contributed by atoms with Gasteiger partial charge in [0.2, 0.25) is 0 Å². The topological polar surface area (TPSA) is 184 Å². The highest BCUT2D eigenvalue weighted by Crippen LogP contribution is 2.22. The number of hydrogen-bond donors (Lipinski definition) is 5. The number of esters is 1. The summed E-state index contributed by atoms with van der Waals surface area (Å²) in [6.07, 6.45) is 17.4. The SMILES string of the molecule is CC(C)CCCCCCCCCC/C=C\[C@H](O)[C@H](OC(=O)C[C@H](O)CCCCCCCCCC(C)C)[C@](N)(CS(=O)(=O)O)C(=O)O. The number of carbonyl (C=O) groups is 2. The van der Waals surface area contributed by atoms with Crippen molar-refractivity contribution in [1.82, 2.24) is 0 Å². The molecule has 0 aromatic carbocycles. The fraction of sp³-hybridized carbons (Fsp3) is 0.886. The lowest BCUT2D eigenvalue weighted by atomic mass is 9.91. The Balaban J connectivity index is 4.87. The molecule has 0 rings (SSSR count). The maximum absolute atomic E-state index is 12.7. The van der Waals surface area contributed by atoms with Gasteiger partial charge < -0.3 is 25.8 Å². The van der Waals surface area contributed by atoms with Crippen molar-refractivity contribution >= 4 is 22.1 Å².